The normalized spacial score (nSPS) is 11.8. The Bertz CT molecular complexity index is 1230. The van der Waals surface area contributed by atoms with Gasteiger partial charge in [0.1, 0.15) is 17.0 Å². The lowest BCUT2D eigenvalue weighted by atomic mass is 10.1. The van der Waals surface area contributed by atoms with Crippen LogP contribution in [0.5, 0.6) is 0 Å². The van der Waals surface area contributed by atoms with E-state index in [1.54, 1.807) is 25.3 Å². The third-order valence-corrected chi connectivity index (χ3v) is 7.14. The maximum atomic E-state index is 13.3. The zero-order valence-corrected chi connectivity index (χ0v) is 21.4. The summed E-state index contributed by atoms with van der Waals surface area (Å²) in [6.45, 7) is 9.24. The van der Waals surface area contributed by atoms with Crippen LogP contribution in [-0.2, 0) is 35.5 Å². The standard InChI is InChI=1S/C23H27IN2O4S/c1-6-17-14(2)19-20(28)26(13-18(27)30-23(3,4)5)22(29)25(21(19)31-17)12-11-15-7-9-16(24)10-8-15/h7-10H,6,11-13H2,1-5H3. The monoisotopic (exact) mass is 554 g/mol. The van der Waals surface area contributed by atoms with Crippen molar-refractivity contribution in [1.82, 2.24) is 9.13 Å². The van der Waals surface area contributed by atoms with Gasteiger partial charge < -0.3 is 4.74 Å². The summed E-state index contributed by atoms with van der Waals surface area (Å²) < 4.78 is 9.15. The number of ether oxygens (including phenoxy) is 1. The largest absolute Gasteiger partial charge is 0.459 e. The van der Waals surface area contributed by atoms with Crippen LogP contribution in [0.1, 0.15) is 43.7 Å². The summed E-state index contributed by atoms with van der Waals surface area (Å²) in [6, 6.07) is 8.14. The molecule has 0 aliphatic heterocycles. The molecule has 0 atom stereocenters. The minimum absolute atomic E-state index is 0.398. The number of thiophene rings is 1. The van der Waals surface area contributed by atoms with E-state index in [-0.39, 0.29) is 0 Å². The van der Waals surface area contributed by atoms with Gasteiger partial charge in [-0.1, -0.05) is 19.1 Å². The van der Waals surface area contributed by atoms with Gasteiger partial charge in [-0.05, 0) is 86.4 Å². The molecule has 0 unspecified atom stereocenters. The molecule has 3 rings (SSSR count). The molecule has 0 aliphatic carbocycles. The van der Waals surface area contributed by atoms with Gasteiger partial charge in [0.15, 0.2) is 0 Å². The van der Waals surface area contributed by atoms with Crippen molar-refractivity contribution in [3.63, 3.8) is 0 Å². The molecule has 31 heavy (non-hydrogen) atoms. The molecule has 3 aromatic rings. The highest BCUT2D eigenvalue weighted by Gasteiger charge is 2.23. The highest BCUT2D eigenvalue weighted by atomic mass is 127. The molecule has 6 nitrogen and oxygen atoms in total. The molecule has 1 aromatic carbocycles. The number of esters is 1. The fraction of sp³-hybridized carbons (Fsp3) is 0.435. The van der Waals surface area contributed by atoms with Crippen molar-refractivity contribution in [2.24, 2.45) is 0 Å². The quantitative estimate of drug-likeness (QED) is 0.337. The number of nitrogens with zero attached hydrogens (tertiary/aromatic N) is 2. The number of aryl methyl sites for hydroxylation is 4. The van der Waals surface area contributed by atoms with E-state index in [9.17, 15) is 14.4 Å². The zero-order chi connectivity index (χ0) is 22.9. The minimum Gasteiger partial charge on any atom is -0.459 e. The SMILES string of the molecule is CCc1sc2c(c1C)c(=O)n(CC(=O)OC(C)(C)C)c(=O)n2CCc1ccc(I)cc1. The van der Waals surface area contributed by atoms with Crippen LogP contribution in [-0.4, -0.2) is 20.7 Å². The number of benzene rings is 1. The molecule has 0 saturated carbocycles. The Kier molecular flexibility index (Phi) is 7.10. The molecule has 166 valence electrons. The van der Waals surface area contributed by atoms with Crippen LogP contribution in [0.3, 0.4) is 0 Å². The van der Waals surface area contributed by atoms with Crippen molar-refractivity contribution in [3.8, 4) is 0 Å². The molecule has 0 spiro atoms. The van der Waals surface area contributed by atoms with Crippen molar-refractivity contribution in [1.29, 1.82) is 0 Å². The summed E-state index contributed by atoms with van der Waals surface area (Å²) in [5.41, 5.74) is 0.396. The fourth-order valence-corrected chi connectivity index (χ4v) is 5.12. The molecule has 0 radical (unpaired) electrons. The Labute approximate surface area is 199 Å². The lowest BCUT2D eigenvalue weighted by molar-refractivity contribution is -0.155. The van der Waals surface area contributed by atoms with E-state index in [1.165, 1.54) is 11.3 Å². The molecule has 0 aliphatic rings. The number of fused-ring (bicyclic) bond motifs is 1. The van der Waals surface area contributed by atoms with Crippen LogP contribution in [0.4, 0.5) is 0 Å². The van der Waals surface area contributed by atoms with E-state index in [1.807, 2.05) is 38.1 Å². The summed E-state index contributed by atoms with van der Waals surface area (Å²) in [6.07, 6.45) is 1.43. The number of hydrogen-bond donors (Lipinski definition) is 0. The van der Waals surface area contributed by atoms with Gasteiger partial charge in [-0.15, -0.1) is 11.3 Å². The molecular formula is C23H27IN2O4S. The molecule has 8 heteroatoms. The Morgan fingerprint density at radius 2 is 1.77 bits per heavy atom. The van der Waals surface area contributed by atoms with E-state index in [2.05, 4.69) is 22.6 Å². The van der Waals surface area contributed by atoms with Crippen LogP contribution in [0, 0.1) is 10.5 Å². The van der Waals surface area contributed by atoms with Crippen LogP contribution in [0.15, 0.2) is 33.9 Å². The second-order valence-electron chi connectivity index (χ2n) is 8.47. The average molecular weight is 554 g/mol. The average Bonchev–Trinajstić information content (AvgIpc) is 3.01. The first kappa shape index (κ1) is 23.7. The topological polar surface area (TPSA) is 70.3 Å². The minimum atomic E-state index is -0.692. The number of carbonyl (C=O) groups is 1. The first-order valence-corrected chi connectivity index (χ1v) is 12.1. The first-order chi connectivity index (χ1) is 14.5. The smallest absolute Gasteiger partial charge is 0.332 e. The third kappa shape index (κ3) is 5.28. The number of aromatic nitrogens is 2. The molecule has 2 heterocycles. The molecular weight excluding hydrogens is 527 g/mol. The zero-order valence-electron chi connectivity index (χ0n) is 18.5. The van der Waals surface area contributed by atoms with E-state index < -0.39 is 29.4 Å². The highest BCUT2D eigenvalue weighted by molar-refractivity contribution is 14.1. The molecule has 0 amide bonds. The molecule has 2 aromatic heterocycles. The fourth-order valence-electron chi connectivity index (χ4n) is 3.51. The number of carbonyl (C=O) groups excluding carboxylic acids is 1. The second kappa shape index (κ2) is 9.28. The molecule has 0 fully saturated rings. The second-order valence-corrected chi connectivity index (χ2v) is 10.8. The van der Waals surface area contributed by atoms with E-state index in [0.717, 1.165) is 30.6 Å². The highest BCUT2D eigenvalue weighted by Crippen LogP contribution is 2.28. The lowest BCUT2D eigenvalue weighted by Crippen LogP contribution is -2.42. The van der Waals surface area contributed by atoms with Crippen molar-refractivity contribution in [2.75, 3.05) is 0 Å². The van der Waals surface area contributed by atoms with Crippen molar-refractivity contribution in [3.05, 3.63) is 64.7 Å². The summed E-state index contributed by atoms with van der Waals surface area (Å²) in [4.78, 5) is 40.7. The molecule has 0 N–H and O–H groups in total. The van der Waals surface area contributed by atoms with Gasteiger partial charge in [0.05, 0.1) is 5.39 Å². The number of rotatable bonds is 6. The van der Waals surface area contributed by atoms with Gasteiger partial charge in [0.2, 0.25) is 0 Å². The number of hydrogen-bond acceptors (Lipinski definition) is 5. The number of halogens is 1. The van der Waals surface area contributed by atoms with Gasteiger partial charge in [-0.25, -0.2) is 9.36 Å². The third-order valence-electron chi connectivity index (χ3n) is 4.96. The summed E-state index contributed by atoms with van der Waals surface area (Å²) in [5, 5.41) is 0.521. The predicted molar refractivity (Wildman–Crippen MR) is 133 cm³/mol. The van der Waals surface area contributed by atoms with Gasteiger partial charge in [-0.2, -0.15) is 0 Å². The Morgan fingerprint density at radius 3 is 2.35 bits per heavy atom. The lowest BCUT2D eigenvalue weighted by Gasteiger charge is -2.20. The van der Waals surface area contributed by atoms with E-state index in [4.69, 9.17) is 4.74 Å². The van der Waals surface area contributed by atoms with Gasteiger partial charge >= 0.3 is 11.7 Å². The maximum Gasteiger partial charge on any atom is 0.332 e. The Morgan fingerprint density at radius 1 is 1.13 bits per heavy atom. The van der Waals surface area contributed by atoms with Crippen molar-refractivity contribution < 1.29 is 9.53 Å². The maximum absolute atomic E-state index is 13.3. The summed E-state index contributed by atoms with van der Waals surface area (Å²) >= 11 is 3.74. The first-order valence-electron chi connectivity index (χ1n) is 10.2. The molecule has 0 saturated heterocycles. The Hall–Kier alpha value is -1.94. The van der Waals surface area contributed by atoms with Gasteiger partial charge in [0.25, 0.3) is 5.56 Å². The van der Waals surface area contributed by atoms with Gasteiger partial charge in [-0.3, -0.25) is 14.2 Å². The Balaban J connectivity index is 2.10. The summed E-state index contributed by atoms with van der Waals surface area (Å²) in [5.74, 6) is -0.598. The van der Waals surface area contributed by atoms with Crippen molar-refractivity contribution in [2.45, 2.75) is 66.2 Å². The van der Waals surface area contributed by atoms with Crippen molar-refractivity contribution >= 4 is 50.1 Å². The van der Waals surface area contributed by atoms with Gasteiger partial charge in [0, 0.05) is 15.0 Å². The van der Waals surface area contributed by atoms with Crippen LogP contribution in [0.2, 0.25) is 0 Å². The van der Waals surface area contributed by atoms with E-state index >= 15 is 0 Å². The predicted octanol–water partition coefficient (Wildman–Crippen LogP) is 4.28. The van der Waals surface area contributed by atoms with Crippen LogP contribution >= 0.6 is 33.9 Å². The van der Waals surface area contributed by atoms with E-state index in [0.29, 0.717) is 23.2 Å². The molecule has 0 bridgehead atoms. The summed E-state index contributed by atoms with van der Waals surface area (Å²) in [7, 11) is 0. The van der Waals surface area contributed by atoms with Crippen LogP contribution in [0.25, 0.3) is 10.2 Å². The van der Waals surface area contributed by atoms with Crippen LogP contribution < -0.4 is 11.2 Å².